The zero-order valence-electron chi connectivity index (χ0n) is 24.0. The number of piperidine rings is 2. The molecule has 0 bridgehead atoms. The Bertz CT molecular complexity index is 1400. The number of nitrogens with zero attached hydrogens (tertiary/aromatic N) is 6. The van der Waals surface area contributed by atoms with E-state index < -0.39 is 12.0 Å². The van der Waals surface area contributed by atoms with Gasteiger partial charge < -0.3 is 19.9 Å². The van der Waals surface area contributed by atoms with E-state index in [-0.39, 0.29) is 47.8 Å². The van der Waals surface area contributed by atoms with E-state index in [0.717, 1.165) is 5.56 Å². The van der Waals surface area contributed by atoms with E-state index in [4.69, 9.17) is 4.74 Å². The van der Waals surface area contributed by atoms with Crippen molar-refractivity contribution in [3.63, 3.8) is 0 Å². The molecule has 0 aliphatic carbocycles. The Morgan fingerprint density at radius 2 is 1.72 bits per heavy atom. The molecule has 1 aromatic heterocycles. The maximum Gasteiger partial charge on any atom is 0.453 e. The van der Waals surface area contributed by atoms with Gasteiger partial charge >= 0.3 is 6.18 Å². The predicted molar refractivity (Wildman–Crippen MR) is 154 cm³/mol. The Morgan fingerprint density at radius 1 is 1.02 bits per heavy atom. The summed E-state index contributed by atoms with van der Waals surface area (Å²) in [6.45, 7) is 4.21. The number of hydrogen-bond donors (Lipinski definition) is 1. The van der Waals surface area contributed by atoms with Crippen molar-refractivity contribution in [2.75, 3.05) is 33.3 Å². The summed E-state index contributed by atoms with van der Waals surface area (Å²) in [5.41, 5.74) is 1.92. The first-order valence-electron chi connectivity index (χ1n) is 14.0. The average molecular weight is 622 g/mol. The third kappa shape index (κ3) is 7.27. The number of tetrazole rings is 1. The molecule has 2 unspecified atom stereocenters. The molecule has 2 fully saturated rings. The molecule has 2 aromatic carbocycles. The number of likely N-dealkylation sites (tertiary alicyclic amines) is 2. The number of hydrogen-bond acceptors (Lipinski definition) is 7. The van der Waals surface area contributed by atoms with Crippen LogP contribution in [0.5, 0.6) is 5.75 Å². The van der Waals surface area contributed by atoms with Crippen LogP contribution in [0.15, 0.2) is 48.5 Å². The summed E-state index contributed by atoms with van der Waals surface area (Å²) in [5, 5.41) is 13.5. The van der Waals surface area contributed by atoms with Gasteiger partial charge in [0.2, 0.25) is 11.8 Å². The summed E-state index contributed by atoms with van der Waals surface area (Å²) in [6, 6.07) is 14.7. The molecule has 232 valence electrons. The first kappa shape index (κ1) is 32.2. The number of ether oxygens (including phenoxy) is 1. The minimum atomic E-state index is -4.71. The highest BCUT2D eigenvalue weighted by atomic mass is 35.5. The third-order valence-corrected chi connectivity index (χ3v) is 8.23. The van der Waals surface area contributed by atoms with Crippen LogP contribution < -0.4 is 10.1 Å². The summed E-state index contributed by atoms with van der Waals surface area (Å²) in [7, 11) is 1.51. The van der Waals surface area contributed by atoms with Gasteiger partial charge in [-0.15, -0.1) is 17.5 Å². The molecule has 2 amide bonds. The van der Waals surface area contributed by atoms with Gasteiger partial charge in [0.25, 0.3) is 5.82 Å². The van der Waals surface area contributed by atoms with Crippen LogP contribution in [0.1, 0.15) is 49.1 Å². The van der Waals surface area contributed by atoms with Crippen molar-refractivity contribution < 1.29 is 27.5 Å². The molecule has 2 saturated heterocycles. The lowest BCUT2D eigenvalue weighted by Crippen LogP contribution is -2.52. The number of amides is 2. The van der Waals surface area contributed by atoms with Crippen LogP contribution in [0.3, 0.4) is 0 Å². The van der Waals surface area contributed by atoms with Gasteiger partial charge in [0.15, 0.2) is 0 Å². The number of carbonyl (C=O) groups excluding carboxylic acids is 2. The molecular weight excluding hydrogens is 587 g/mol. The fraction of sp³-hybridized carbons (Fsp3) is 0.483. The number of carbonyl (C=O) groups is 2. The van der Waals surface area contributed by atoms with Crippen molar-refractivity contribution in [1.82, 2.24) is 35.3 Å². The maximum atomic E-state index is 13.5. The summed E-state index contributed by atoms with van der Waals surface area (Å²) in [4.78, 5) is 29.0. The zero-order chi connectivity index (χ0) is 29.9. The van der Waals surface area contributed by atoms with E-state index in [1.165, 1.54) is 13.2 Å². The molecule has 0 saturated carbocycles. The summed E-state index contributed by atoms with van der Waals surface area (Å²) >= 11 is 0. The van der Waals surface area contributed by atoms with E-state index in [2.05, 4.69) is 33.0 Å². The van der Waals surface area contributed by atoms with Crippen molar-refractivity contribution in [2.24, 2.45) is 5.92 Å². The molecule has 0 spiro atoms. The molecule has 3 heterocycles. The minimum absolute atomic E-state index is 0. The predicted octanol–water partition coefficient (Wildman–Crippen LogP) is 3.84. The van der Waals surface area contributed by atoms with E-state index in [9.17, 15) is 22.8 Å². The number of nitrogens with one attached hydrogen (secondary N) is 1. The largest absolute Gasteiger partial charge is 0.496 e. The highest BCUT2D eigenvalue weighted by Crippen LogP contribution is 2.32. The Labute approximate surface area is 254 Å². The number of aromatic nitrogens is 4. The van der Waals surface area contributed by atoms with Crippen molar-refractivity contribution >= 4 is 24.2 Å². The molecule has 2 aliphatic heterocycles. The van der Waals surface area contributed by atoms with Crippen molar-refractivity contribution in [3.8, 4) is 11.4 Å². The van der Waals surface area contributed by atoms with Gasteiger partial charge in [-0.05, 0) is 53.5 Å². The molecule has 1 N–H and O–H groups in total. The van der Waals surface area contributed by atoms with E-state index >= 15 is 0 Å². The summed E-state index contributed by atoms with van der Waals surface area (Å²) in [6.07, 6.45) is -2.68. The highest BCUT2D eigenvalue weighted by molar-refractivity contribution is 5.85. The Morgan fingerprint density at radius 3 is 2.37 bits per heavy atom. The van der Waals surface area contributed by atoms with Crippen LogP contribution in [0.2, 0.25) is 0 Å². The second-order valence-electron chi connectivity index (χ2n) is 10.8. The highest BCUT2D eigenvalue weighted by Gasteiger charge is 2.39. The van der Waals surface area contributed by atoms with Crippen LogP contribution in [-0.4, -0.2) is 81.2 Å². The van der Waals surface area contributed by atoms with Crippen molar-refractivity contribution in [3.05, 3.63) is 65.5 Å². The summed E-state index contributed by atoms with van der Waals surface area (Å²) < 4.78 is 46.4. The maximum absolute atomic E-state index is 13.5. The fourth-order valence-electron chi connectivity index (χ4n) is 5.95. The van der Waals surface area contributed by atoms with E-state index in [1.807, 2.05) is 23.1 Å². The van der Waals surface area contributed by atoms with Crippen LogP contribution in [0, 0.1) is 5.92 Å². The molecule has 5 rings (SSSR count). The minimum Gasteiger partial charge on any atom is -0.496 e. The quantitative estimate of drug-likeness (QED) is 0.427. The van der Waals surface area contributed by atoms with Crippen LogP contribution in [0.4, 0.5) is 13.2 Å². The Balaban J connectivity index is 0.00000423. The van der Waals surface area contributed by atoms with Crippen LogP contribution in [0.25, 0.3) is 5.69 Å². The zero-order valence-corrected chi connectivity index (χ0v) is 24.8. The van der Waals surface area contributed by atoms with Gasteiger partial charge in [0.05, 0.1) is 12.8 Å². The van der Waals surface area contributed by atoms with E-state index in [1.54, 1.807) is 24.0 Å². The van der Waals surface area contributed by atoms with E-state index in [0.29, 0.717) is 68.0 Å². The topological polar surface area (TPSA) is 105 Å². The Hall–Kier alpha value is -3.71. The molecule has 43 heavy (non-hydrogen) atoms. The average Bonchev–Trinajstić information content (AvgIpc) is 3.51. The number of rotatable bonds is 7. The standard InChI is InChI=1S/C29H34F3N7O3.ClH/c1-19(40)37-13-10-21(11-14-37)27(41)38-15-12-25(24(18-38)20-6-4-3-5-7-20)33-17-22-16-23(8-9-26(22)42-2)39-28(29(30,31)32)34-35-36-39;/h3-9,16,21,24-25,33H,10-15,17-18H2,1-2H3;1H. The molecule has 2 aliphatic rings. The molecule has 0 radical (unpaired) electrons. The number of halogens is 4. The SMILES string of the molecule is COc1ccc(-n2nnnc2C(F)(F)F)cc1CNC1CCN(C(=O)C2CCN(C(C)=O)CC2)CC1c1ccccc1.Cl. The van der Waals surface area contributed by atoms with Crippen molar-refractivity contribution in [1.29, 1.82) is 0 Å². The van der Waals surface area contributed by atoms with Crippen molar-refractivity contribution in [2.45, 2.75) is 50.9 Å². The summed E-state index contributed by atoms with van der Waals surface area (Å²) in [5.74, 6) is -0.603. The smallest absolute Gasteiger partial charge is 0.453 e. The first-order valence-corrected chi connectivity index (χ1v) is 14.0. The first-order chi connectivity index (χ1) is 20.2. The lowest BCUT2D eigenvalue weighted by molar-refractivity contribution is -0.146. The molecule has 2 atom stereocenters. The third-order valence-electron chi connectivity index (χ3n) is 8.23. The molecule has 10 nitrogen and oxygen atoms in total. The molecule has 14 heteroatoms. The molecule has 3 aromatic rings. The Kier molecular flexibility index (Phi) is 10.3. The normalized spacial score (nSPS) is 19.6. The number of alkyl halides is 3. The van der Waals surface area contributed by atoms with Gasteiger partial charge in [-0.25, -0.2) is 0 Å². The van der Waals surface area contributed by atoms with Gasteiger partial charge in [-0.1, -0.05) is 30.3 Å². The lowest BCUT2D eigenvalue weighted by Gasteiger charge is -2.41. The number of benzene rings is 2. The second-order valence-corrected chi connectivity index (χ2v) is 10.8. The van der Waals surface area contributed by atoms with Gasteiger partial charge in [-0.3, -0.25) is 9.59 Å². The van der Waals surface area contributed by atoms with Gasteiger partial charge in [0.1, 0.15) is 5.75 Å². The fourth-order valence-corrected chi connectivity index (χ4v) is 5.95. The molecular formula is C29H35ClF3N7O3. The van der Waals surface area contributed by atoms with Crippen LogP contribution in [-0.2, 0) is 22.3 Å². The van der Waals surface area contributed by atoms with Gasteiger partial charge in [-0.2, -0.15) is 17.9 Å². The van der Waals surface area contributed by atoms with Gasteiger partial charge in [0, 0.05) is 63.1 Å². The lowest BCUT2D eigenvalue weighted by atomic mass is 9.84. The monoisotopic (exact) mass is 621 g/mol. The van der Waals surface area contributed by atoms with Crippen LogP contribution >= 0.6 is 12.4 Å². The number of methoxy groups -OCH3 is 1. The second kappa shape index (κ2) is 13.7.